The Morgan fingerprint density at radius 2 is 1.82 bits per heavy atom. The number of fused-ring (bicyclic) bond motifs is 1. The summed E-state index contributed by atoms with van der Waals surface area (Å²) in [4.78, 5) is 32.2. The van der Waals surface area contributed by atoms with E-state index in [0.717, 1.165) is 34.6 Å². The minimum atomic E-state index is -2.21. The lowest BCUT2D eigenvalue weighted by molar-refractivity contribution is -0.156. The number of hydrogen-bond donors (Lipinski definition) is 0. The number of carbonyl (C=O) groups excluding carboxylic acids is 2. The first-order chi connectivity index (χ1) is 18.0. The van der Waals surface area contributed by atoms with E-state index in [1.165, 1.54) is 6.92 Å². The van der Waals surface area contributed by atoms with Crippen LogP contribution in [0.25, 0.3) is 10.9 Å². The van der Waals surface area contributed by atoms with Gasteiger partial charge in [0, 0.05) is 25.1 Å². The van der Waals surface area contributed by atoms with Gasteiger partial charge in [-0.15, -0.1) is 0 Å². The SMILES string of the molecule is CC[Si](CC)(CC)O[C@H](c1ccnc2ccc(OC)cc12)[C@@H]1[C@@H](OC(C)=O)CCCN1C(=O)OC(C)(C)C. The van der Waals surface area contributed by atoms with Gasteiger partial charge < -0.3 is 18.6 Å². The molecule has 0 unspecified atom stereocenters. The van der Waals surface area contributed by atoms with Crippen molar-refractivity contribution in [3.05, 3.63) is 36.0 Å². The lowest BCUT2D eigenvalue weighted by Crippen LogP contribution is -2.58. The van der Waals surface area contributed by atoms with Gasteiger partial charge in [-0.3, -0.25) is 14.7 Å². The Morgan fingerprint density at radius 3 is 2.39 bits per heavy atom. The van der Waals surface area contributed by atoms with Crippen LogP contribution in [0.2, 0.25) is 18.1 Å². The summed E-state index contributed by atoms with van der Waals surface area (Å²) in [5.41, 5.74) is 1.04. The van der Waals surface area contributed by atoms with Gasteiger partial charge in [-0.25, -0.2) is 4.79 Å². The third kappa shape index (κ3) is 6.85. The number of nitrogens with zero attached hydrogens (tertiary/aromatic N) is 2. The molecule has 1 fully saturated rings. The Bertz CT molecular complexity index is 1110. The Balaban J connectivity index is 2.26. The van der Waals surface area contributed by atoms with Gasteiger partial charge in [-0.1, -0.05) is 20.8 Å². The van der Waals surface area contributed by atoms with E-state index in [-0.39, 0.29) is 5.97 Å². The number of rotatable bonds is 9. The first-order valence-electron chi connectivity index (χ1n) is 13.7. The van der Waals surface area contributed by atoms with E-state index in [1.54, 1.807) is 18.2 Å². The third-order valence-electron chi connectivity index (χ3n) is 7.48. The smallest absolute Gasteiger partial charge is 0.410 e. The molecule has 8 nitrogen and oxygen atoms in total. The molecule has 0 aliphatic carbocycles. The molecular formula is C29H44N2O6Si. The molecule has 9 heteroatoms. The largest absolute Gasteiger partial charge is 0.497 e. The molecule has 1 amide bonds. The lowest BCUT2D eigenvalue weighted by atomic mass is 9.89. The van der Waals surface area contributed by atoms with Crippen LogP contribution < -0.4 is 4.74 Å². The summed E-state index contributed by atoms with van der Waals surface area (Å²) in [6, 6.07) is 9.96. The van der Waals surface area contributed by atoms with E-state index in [4.69, 9.17) is 18.6 Å². The van der Waals surface area contributed by atoms with Crippen LogP contribution in [0.4, 0.5) is 4.79 Å². The first-order valence-corrected chi connectivity index (χ1v) is 16.3. The van der Waals surface area contributed by atoms with Crippen molar-refractivity contribution in [2.45, 2.75) is 103 Å². The molecule has 2 aromatic rings. The fraction of sp³-hybridized carbons (Fsp3) is 0.621. The summed E-state index contributed by atoms with van der Waals surface area (Å²) in [5, 5.41) is 0.888. The van der Waals surface area contributed by atoms with E-state index in [1.807, 2.05) is 45.0 Å². The molecule has 38 heavy (non-hydrogen) atoms. The molecule has 1 aromatic heterocycles. The van der Waals surface area contributed by atoms with Gasteiger partial charge in [0.25, 0.3) is 0 Å². The van der Waals surface area contributed by atoms with Crippen molar-refractivity contribution >= 4 is 31.3 Å². The topological polar surface area (TPSA) is 87.2 Å². The number of carbonyl (C=O) groups is 2. The van der Waals surface area contributed by atoms with Gasteiger partial charge in [-0.2, -0.15) is 0 Å². The summed E-state index contributed by atoms with van der Waals surface area (Å²) < 4.78 is 24.5. The van der Waals surface area contributed by atoms with Crippen molar-refractivity contribution in [3.63, 3.8) is 0 Å². The van der Waals surface area contributed by atoms with Gasteiger partial charge in [-0.05, 0) is 81.6 Å². The van der Waals surface area contributed by atoms with Crippen molar-refractivity contribution in [2.75, 3.05) is 13.7 Å². The average Bonchev–Trinajstić information content (AvgIpc) is 2.88. The van der Waals surface area contributed by atoms with Crippen molar-refractivity contribution in [2.24, 2.45) is 0 Å². The fourth-order valence-electron chi connectivity index (χ4n) is 5.33. The van der Waals surface area contributed by atoms with Crippen LogP contribution in [0.15, 0.2) is 30.5 Å². The Labute approximate surface area is 228 Å². The Morgan fingerprint density at radius 1 is 1.13 bits per heavy atom. The van der Waals surface area contributed by atoms with Crippen LogP contribution in [0, 0.1) is 0 Å². The van der Waals surface area contributed by atoms with Gasteiger partial charge in [0.15, 0.2) is 8.32 Å². The molecule has 2 heterocycles. The lowest BCUT2D eigenvalue weighted by Gasteiger charge is -2.47. The van der Waals surface area contributed by atoms with Crippen molar-refractivity contribution in [3.8, 4) is 5.75 Å². The molecule has 0 radical (unpaired) electrons. The van der Waals surface area contributed by atoms with Gasteiger partial charge in [0.1, 0.15) is 23.5 Å². The first kappa shape index (κ1) is 29.9. The van der Waals surface area contributed by atoms with Crippen molar-refractivity contribution in [1.82, 2.24) is 9.88 Å². The molecule has 1 aromatic carbocycles. The highest BCUT2D eigenvalue weighted by Gasteiger charge is 2.47. The molecule has 3 atom stereocenters. The highest BCUT2D eigenvalue weighted by Crippen LogP contribution is 2.41. The molecule has 1 saturated heterocycles. The van der Waals surface area contributed by atoms with Crippen LogP contribution in [0.3, 0.4) is 0 Å². The van der Waals surface area contributed by atoms with E-state index < -0.39 is 38.3 Å². The molecule has 1 aliphatic heterocycles. The normalized spacial score (nSPS) is 19.2. The van der Waals surface area contributed by atoms with E-state index in [9.17, 15) is 9.59 Å². The number of likely N-dealkylation sites (tertiary alicyclic amines) is 1. The van der Waals surface area contributed by atoms with Crippen LogP contribution in [0.1, 0.15) is 73.0 Å². The number of methoxy groups -OCH3 is 1. The number of aromatic nitrogens is 1. The number of esters is 1. The monoisotopic (exact) mass is 544 g/mol. The summed E-state index contributed by atoms with van der Waals surface area (Å²) >= 11 is 0. The summed E-state index contributed by atoms with van der Waals surface area (Å²) in [7, 11) is -0.573. The Hall–Kier alpha value is -2.65. The minimum absolute atomic E-state index is 0.379. The zero-order valence-corrected chi connectivity index (χ0v) is 25.2. The minimum Gasteiger partial charge on any atom is -0.497 e. The molecule has 0 spiro atoms. The molecule has 0 bridgehead atoms. The molecular weight excluding hydrogens is 500 g/mol. The van der Waals surface area contributed by atoms with Crippen molar-refractivity contribution in [1.29, 1.82) is 0 Å². The number of hydrogen-bond acceptors (Lipinski definition) is 7. The van der Waals surface area contributed by atoms with Gasteiger partial charge >= 0.3 is 12.1 Å². The summed E-state index contributed by atoms with van der Waals surface area (Å²) in [5.74, 6) is 0.329. The van der Waals surface area contributed by atoms with E-state index in [2.05, 4.69) is 25.8 Å². The predicted molar refractivity (Wildman–Crippen MR) is 151 cm³/mol. The molecule has 210 valence electrons. The zero-order valence-electron chi connectivity index (χ0n) is 24.2. The summed E-state index contributed by atoms with van der Waals surface area (Å²) in [6.45, 7) is 14.0. The number of pyridine rings is 1. The highest BCUT2D eigenvalue weighted by atomic mass is 28.4. The molecule has 0 saturated carbocycles. The maximum absolute atomic E-state index is 13.6. The number of amides is 1. The standard InChI is InChI=1S/C29H44N2O6Si/c1-9-38(10-2,11-3)37-27(22-16-17-30-24-15-14-21(34-8)19-23(22)24)26-25(35-20(4)32)13-12-18-31(26)28(33)36-29(5,6)7/h14-17,19,25-27H,9-13,18H2,1-8H3/t25-,26-,27+/m0/s1. The predicted octanol–water partition coefficient (Wildman–Crippen LogP) is 6.64. The number of piperidine rings is 1. The van der Waals surface area contributed by atoms with Crippen LogP contribution in [0.5, 0.6) is 5.75 Å². The van der Waals surface area contributed by atoms with Crippen molar-refractivity contribution < 1.29 is 28.2 Å². The molecule has 1 aliphatic rings. The third-order valence-corrected chi connectivity index (χ3v) is 12.1. The van der Waals surface area contributed by atoms with E-state index in [0.29, 0.717) is 25.1 Å². The second-order valence-electron chi connectivity index (χ2n) is 11.0. The molecule has 3 rings (SSSR count). The maximum Gasteiger partial charge on any atom is 0.410 e. The molecule has 0 N–H and O–H groups in total. The number of benzene rings is 1. The quantitative estimate of drug-likeness (QED) is 0.258. The summed E-state index contributed by atoms with van der Waals surface area (Å²) in [6.07, 6.45) is 1.59. The van der Waals surface area contributed by atoms with Crippen LogP contribution >= 0.6 is 0 Å². The van der Waals surface area contributed by atoms with Gasteiger partial charge in [0.2, 0.25) is 0 Å². The fourth-order valence-corrected chi connectivity index (χ4v) is 8.13. The average molecular weight is 545 g/mol. The second kappa shape index (κ2) is 12.5. The number of ether oxygens (including phenoxy) is 3. The zero-order chi connectivity index (χ0) is 28.1. The van der Waals surface area contributed by atoms with E-state index >= 15 is 0 Å². The Kier molecular flexibility index (Phi) is 9.81. The van der Waals surface area contributed by atoms with Crippen LogP contribution in [-0.4, -0.2) is 61.7 Å². The second-order valence-corrected chi connectivity index (χ2v) is 15.7. The highest BCUT2D eigenvalue weighted by molar-refractivity contribution is 6.73. The maximum atomic E-state index is 13.6. The van der Waals surface area contributed by atoms with Gasteiger partial charge in [0.05, 0.1) is 18.7 Å². The van der Waals surface area contributed by atoms with Crippen LogP contribution in [-0.2, 0) is 18.7 Å².